The molecule has 4 aliphatic carbocycles. The van der Waals surface area contributed by atoms with E-state index in [1.165, 1.54) is 31.3 Å². The van der Waals surface area contributed by atoms with Crippen LogP contribution in [0.1, 0.15) is 58.3 Å². The van der Waals surface area contributed by atoms with Gasteiger partial charge >= 0.3 is 0 Å². The molecule has 4 unspecified atom stereocenters. The highest BCUT2D eigenvalue weighted by Gasteiger charge is 2.55. The van der Waals surface area contributed by atoms with E-state index in [1.807, 2.05) is 6.08 Å². The molecule has 0 saturated heterocycles. The molecule has 6 atom stereocenters. The fourth-order valence-electron chi connectivity index (χ4n) is 6.15. The molecular formula is C18H26O2. The molecule has 110 valence electrons. The van der Waals surface area contributed by atoms with Crippen molar-refractivity contribution < 1.29 is 9.90 Å². The molecule has 3 fully saturated rings. The van der Waals surface area contributed by atoms with E-state index in [2.05, 4.69) is 6.92 Å². The van der Waals surface area contributed by atoms with Gasteiger partial charge in [0.1, 0.15) is 0 Å². The lowest BCUT2D eigenvalue weighted by Gasteiger charge is -2.53. The summed E-state index contributed by atoms with van der Waals surface area (Å²) in [4.78, 5) is 11.6. The highest BCUT2D eigenvalue weighted by atomic mass is 16.3. The van der Waals surface area contributed by atoms with E-state index >= 15 is 0 Å². The maximum Gasteiger partial charge on any atom is 0.155 e. The fourth-order valence-corrected chi connectivity index (χ4v) is 6.15. The van der Waals surface area contributed by atoms with Crippen LogP contribution in [0.25, 0.3) is 0 Å². The Morgan fingerprint density at radius 2 is 1.95 bits per heavy atom. The second kappa shape index (κ2) is 4.43. The number of carbonyl (C=O) groups is 1. The van der Waals surface area contributed by atoms with Crippen LogP contribution in [0.4, 0.5) is 0 Å². The van der Waals surface area contributed by atoms with Gasteiger partial charge in [-0.05, 0) is 80.1 Å². The smallest absolute Gasteiger partial charge is 0.155 e. The second-order valence-electron chi connectivity index (χ2n) is 7.94. The van der Waals surface area contributed by atoms with Crippen molar-refractivity contribution in [1.82, 2.24) is 0 Å². The zero-order chi connectivity index (χ0) is 13.9. The lowest BCUT2D eigenvalue weighted by atomic mass is 9.52. The second-order valence-corrected chi connectivity index (χ2v) is 7.94. The van der Waals surface area contributed by atoms with Gasteiger partial charge in [0, 0.05) is 6.42 Å². The van der Waals surface area contributed by atoms with Crippen LogP contribution in [0, 0.1) is 29.1 Å². The average Bonchev–Trinajstić information content (AvgIpc) is 2.74. The predicted molar refractivity (Wildman–Crippen MR) is 78.1 cm³/mol. The summed E-state index contributed by atoms with van der Waals surface area (Å²) in [5, 5.41) is 10.4. The van der Waals surface area contributed by atoms with Gasteiger partial charge in [-0.15, -0.1) is 0 Å². The number of hydrogen-bond donors (Lipinski definition) is 1. The van der Waals surface area contributed by atoms with Gasteiger partial charge in [0.15, 0.2) is 5.78 Å². The van der Waals surface area contributed by atoms with Crippen LogP contribution in [0.3, 0.4) is 0 Å². The number of ketones is 1. The molecule has 0 bridgehead atoms. The lowest BCUT2D eigenvalue weighted by Crippen LogP contribution is -2.47. The van der Waals surface area contributed by atoms with Gasteiger partial charge in [-0.1, -0.05) is 12.5 Å². The Kier molecular flexibility index (Phi) is 2.89. The average molecular weight is 274 g/mol. The van der Waals surface area contributed by atoms with Crippen molar-refractivity contribution in [2.45, 2.75) is 64.4 Å². The molecule has 0 aliphatic heterocycles. The monoisotopic (exact) mass is 274 g/mol. The standard InChI is InChI=1S/C18H26O2/c1-18-9-8-14-13-5-3-12(19)10-11(13)2-4-15(14)16(18)6-7-17(18)20/h10,13-17,20H,2-9H2,1H3/t13?,14-,15?,16+,17?,18?/m1/s1. The van der Waals surface area contributed by atoms with Gasteiger partial charge < -0.3 is 5.11 Å². The quantitative estimate of drug-likeness (QED) is 0.734. The summed E-state index contributed by atoms with van der Waals surface area (Å²) in [5.41, 5.74) is 1.65. The van der Waals surface area contributed by atoms with Crippen LogP contribution >= 0.6 is 0 Å². The molecule has 2 nitrogen and oxygen atoms in total. The summed E-state index contributed by atoms with van der Waals surface area (Å²) in [7, 11) is 0. The molecule has 0 aromatic carbocycles. The van der Waals surface area contributed by atoms with Gasteiger partial charge in [0.25, 0.3) is 0 Å². The van der Waals surface area contributed by atoms with Crippen LogP contribution in [0.5, 0.6) is 0 Å². The number of carbonyl (C=O) groups excluding carboxylic acids is 1. The number of aliphatic hydroxyl groups is 1. The van der Waals surface area contributed by atoms with Crippen LogP contribution in [-0.4, -0.2) is 17.0 Å². The van der Waals surface area contributed by atoms with Crippen molar-refractivity contribution in [2.75, 3.05) is 0 Å². The van der Waals surface area contributed by atoms with Crippen molar-refractivity contribution in [3.8, 4) is 0 Å². The molecule has 0 radical (unpaired) electrons. The lowest BCUT2D eigenvalue weighted by molar-refractivity contribution is -0.116. The Balaban J connectivity index is 1.63. The van der Waals surface area contributed by atoms with E-state index < -0.39 is 0 Å². The fraction of sp³-hybridized carbons (Fsp3) is 0.833. The van der Waals surface area contributed by atoms with Crippen LogP contribution in [0.15, 0.2) is 11.6 Å². The summed E-state index contributed by atoms with van der Waals surface area (Å²) < 4.78 is 0. The maximum absolute atomic E-state index is 11.6. The van der Waals surface area contributed by atoms with E-state index in [4.69, 9.17) is 0 Å². The maximum atomic E-state index is 11.6. The van der Waals surface area contributed by atoms with Gasteiger partial charge in [-0.25, -0.2) is 0 Å². The van der Waals surface area contributed by atoms with Crippen molar-refractivity contribution in [3.05, 3.63) is 11.6 Å². The Morgan fingerprint density at radius 1 is 1.10 bits per heavy atom. The van der Waals surface area contributed by atoms with Crippen LogP contribution in [0.2, 0.25) is 0 Å². The number of allylic oxidation sites excluding steroid dienone is 1. The highest BCUT2D eigenvalue weighted by molar-refractivity contribution is 5.91. The van der Waals surface area contributed by atoms with Crippen molar-refractivity contribution in [3.63, 3.8) is 0 Å². The number of fused-ring (bicyclic) bond motifs is 5. The topological polar surface area (TPSA) is 37.3 Å². The van der Waals surface area contributed by atoms with Gasteiger partial charge in [-0.2, -0.15) is 0 Å². The van der Waals surface area contributed by atoms with Crippen molar-refractivity contribution in [2.24, 2.45) is 29.1 Å². The molecule has 4 aliphatic rings. The molecule has 0 spiro atoms. The minimum absolute atomic E-state index is 0.0710. The molecule has 0 aromatic rings. The van der Waals surface area contributed by atoms with E-state index in [9.17, 15) is 9.90 Å². The number of aliphatic hydroxyl groups excluding tert-OH is 1. The van der Waals surface area contributed by atoms with Crippen LogP contribution in [-0.2, 0) is 4.79 Å². The zero-order valence-electron chi connectivity index (χ0n) is 12.5. The van der Waals surface area contributed by atoms with Gasteiger partial charge in [-0.3, -0.25) is 4.79 Å². The SMILES string of the molecule is CC12CC[C@@H]3C4CCC(=O)C=C4CCC3[C@@H]1CCC2O. The Morgan fingerprint density at radius 3 is 2.80 bits per heavy atom. The van der Waals surface area contributed by atoms with Gasteiger partial charge in [0.05, 0.1) is 6.10 Å². The third-order valence-electron chi connectivity index (χ3n) is 7.25. The van der Waals surface area contributed by atoms with Crippen molar-refractivity contribution in [1.29, 1.82) is 0 Å². The Labute approximate surface area is 121 Å². The first-order chi connectivity index (χ1) is 9.59. The van der Waals surface area contributed by atoms with E-state index in [1.54, 1.807) is 0 Å². The first-order valence-corrected chi connectivity index (χ1v) is 8.51. The summed E-state index contributed by atoms with van der Waals surface area (Å²) in [5.74, 6) is 3.38. The van der Waals surface area contributed by atoms with E-state index in [-0.39, 0.29) is 11.5 Å². The molecular weight excluding hydrogens is 248 g/mol. The molecule has 4 rings (SSSR count). The molecule has 1 N–H and O–H groups in total. The first kappa shape index (κ1) is 13.1. The van der Waals surface area contributed by atoms with Crippen molar-refractivity contribution >= 4 is 5.78 Å². The van der Waals surface area contributed by atoms with E-state index in [0.717, 1.165) is 43.4 Å². The molecule has 2 heteroatoms. The highest BCUT2D eigenvalue weighted by Crippen LogP contribution is 2.61. The summed E-state index contributed by atoms with van der Waals surface area (Å²) in [6, 6.07) is 0. The largest absolute Gasteiger partial charge is 0.393 e. The normalized spacial score (nSPS) is 51.0. The van der Waals surface area contributed by atoms with E-state index in [0.29, 0.717) is 11.7 Å². The Bertz CT molecular complexity index is 466. The third-order valence-corrected chi connectivity index (χ3v) is 7.25. The molecule has 20 heavy (non-hydrogen) atoms. The predicted octanol–water partition coefficient (Wildman–Crippen LogP) is 3.49. The number of hydrogen-bond acceptors (Lipinski definition) is 2. The Hall–Kier alpha value is -0.630. The zero-order valence-corrected chi connectivity index (χ0v) is 12.5. The molecule has 3 saturated carbocycles. The molecule has 0 heterocycles. The summed E-state index contributed by atoms with van der Waals surface area (Å²) in [6.45, 7) is 2.33. The molecule has 0 amide bonds. The third kappa shape index (κ3) is 1.70. The van der Waals surface area contributed by atoms with Gasteiger partial charge in [0.2, 0.25) is 0 Å². The first-order valence-electron chi connectivity index (χ1n) is 8.51. The number of rotatable bonds is 0. The van der Waals surface area contributed by atoms with Crippen LogP contribution < -0.4 is 0 Å². The minimum atomic E-state index is -0.0710. The minimum Gasteiger partial charge on any atom is -0.393 e. The summed E-state index contributed by atoms with van der Waals surface area (Å²) in [6.07, 6.45) is 10.9. The summed E-state index contributed by atoms with van der Waals surface area (Å²) >= 11 is 0. The molecule has 0 aromatic heterocycles.